The maximum absolute atomic E-state index is 12.8. The zero-order chi connectivity index (χ0) is 19.3. The van der Waals surface area contributed by atoms with E-state index in [1.807, 2.05) is 0 Å². The molecule has 0 radical (unpaired) electrons. The zero-order valence-electron chi connectivity index (χ0n) is 15.6. The summed E-state index contributed by atoms with van der Waals surface area (Å²) >= 11 is 0. The number of likely N-dealkylation sites (tertiary alicyclic amines) is 1. The van der Waals surface area contributed by atoms with E-state index in [1.165, 1.54) is 11.9 Å². The number of fused-ring (bicyclic) bond motifs is 3. The lowest BCUT2D eigenvalue weighted by Gasteiger charge is -2.41. The highest BCUT2D eigenvalue weighted by atomic mass is 16.5. The van der Waals surface area contributed by atoms with E-state index in [0.29, 0.717) is 24.4 Å². The van der Waals surface area contributed by atoms with Crippen LogP contribution in [0.3, 0.4) is 0 Å². The summed E-state index contributed by atoms with van der Waals surface area (Å²) in [6, 6.07) is 3.39. The Morgan fingerprint density at radius 1 is 1.26 bits per heavy atom. The number of carbonyl (C=O) groups excluding carboxylic acids is 2. The largest absolute Gasteiger partial charge is 0.487 e. The minimum atomic E-state index is -1.12. The molecule has 2 N–H and O–H groups in total. The van der Waals surface area contributed by atoms with Gasteiger partial charge in [-0.1, -0.05) is 18.9 Å². The Balaban J connectivity index is 1.72. The molecule has 3 aliphatic rings. The summed E-state index contributed by atoms with van der Waals surface area (Å²) in [5.74, 6) is -0.420. The van der Waals surface area contributed by atoms with E-state index in [2.05, 4.69) is 6.92 Å². The minimum Gasteiger partial charge on any atom is -0.461 e. The van der Waals surface area contributed by atoms with E-state index in [1.54, 1.807) is 12.1 Å². The molecule has 3 heterocycles. The fourth-order valence-corrected chi connectivity index (χ4v) is 4.94. The SMILES string of the molecule is CCCC1=C2B(O)O[C@H](c3ccc(CO)o3)C[C@H]2[C@H]2C(=O)N(C)C(=O)[C@H]2C1. The van der Waals surface area contributed by atoms with Crippen molar-refractivity contribution in [2.24, 2.45) is 17.8 Å². The van der Waals surface area contributed by atoms with Crippen molar-refractivity contribution < 1.29 is 28.8 Å². The zero-order valence-corrected chi connectivity index (χ0v) is 15.6. The molecule has 144 valence electrons. The van der Waals surface area contributed by atoms with Crippen LogP contribution in [0.1, 0.15) is 50.2 Å². The average Bonchev–Trinajstić information content (AvgIpc) is 3.22. The monoisotopic (exact) mass is 373 g/mol. The average molecular weight is 373 g/mol. The molecule has 2 fully saturated rings. The normalized spacial score (nSPS) is 30.8. The van der Waals surface area contributed by atoms with Gasteiger partial charge in [0.15, 0.2) is 0 Å². The molecule has 0 saturated carbocycles. The molecular formula is C19H24BNO6. The molecule has 2 saturated heterocycles. The number of nitrogens with zero attached hydrogens (tertiary/aromatic N) is 1. The van der Waals surface area contributed by atoms with Crippen LogP contribution in [0, 0.1) is 17.8 Å². The van der Waals surface area contributed by atoms with Gasteiger partial charge in [0.2, 0.25) is 11.8 Å². The summed E-state index contributed by atoms with van der Waals surface area (Å²) in [5, 5.41) is 20.0. The second-order valence-electron chi connectivity index (χ2n) is 7.66. The first-order valence-electron chi connectivity index (χ1n) is 9.52. The second kappa shape index (κ2) is 6.93. The molecule has 0 unspecified atom stereocenters. The van der Waals surface area contributed by atoms with Crippen molar-refractivity contribution in [1.29, 1.82) is 0 Å². The molecule has 0 bridgehead atoms. The molecule has 2 aliphatic heterocycles. The molecular weight excluding hydrogens is 349 g/mol. The van der Waals surface area contributed by atoms with Gasteiger partial charge < -0.3 is 19.2 Å². The van der Waals surface area contributed by atoms with Crippen LogP contribution >= 0.6 is 0 Å². The number of aliphatic hydroxyl groups is 1. The van der Waals surface area contributed by atoms with Gasteiger partial charge in [0.05, 0.1) is 11.8 Å². The number of carbonyl (C=O) groups is 2. The number of aliphatic hydroxyl groups excluding tert-OH is 1. The lowest BCUT2D eigenvalue weighted by molar-refractivity contribution is -0.138. The number of allylic oxidation sites excluding steroid dienone is 2. The van der Waals surface area contributed by atoms with E-state index in [-0.39, 0.29) is 30.3 Å². The molecule has 4 rings (SSSR count). The third kappa shape index (κ3) is 2.87. The molecule has 1 aromatic heterocycles. The fourth-order valence-electron chi connectivity index (χ4n) is 4.94. The lowest BCUT2D eigenvalue weighted by atomic mass is 9.55. The maximum atomic E-state index is 12.8. The van der Waals surface area contributed by atoms with Gasteiger partial charge in [0.25, 0.3) is 0 Å². The van der Waals surface area contributed by atoms with Gasteiger partial charge in [0, 0.05) is 7.05 Å². The van der Waals surface area contributed by atoms with Crippen molar-refractivity contribution in [3.05, 3.63) is 34.7 Å². The lowest BCUT2D eigenvalue weighted by Crippen LogP contribution is -2.44. The van der Waals surface area contributed by atoms with Crippen molar-refractivity contribution in [3.63, 3.8) is 0 Å². The smallest absolute Gasteiger partial charge is 0.461 e. The molecule has 27 heavy (non-hydrogen) atoms. The quantitative estimate of drug-likeness (QED) is 0.614. The second-order valence-corrected chi connectivity index (χ2v) is 7.66. The van der Waals surface area contributed by atoms with Crippen LogP contribution in [0.25, 0.3) is 0 Å². The number of imide groups is 1. The molecule has 1 aromatic rings. The molecule has 2 amide bonds. The van der Waals surface area contributed by atoms with E-state index < -0.39 is 19.1 Å². The topological polar surface area (TPSA) is 100 Å². The first-order valence-corrected chi connectivity index (χ1v) is 9.52. The first-order chi connectivity index (χ1) is 13.0. The van der Waals surface area contributed by atoms with E-state index in [0.717, 1.165) is 23.9 Å². The predicted molar refractivity (Wildman–Crippen MR) is 95.8 cm³/mol. The molecule has 7 nitrogen and oxygen atoms in total. The summed E-state index contributed by atoms with van der Waals surface area (Å²) in [7, 11) is 0.419. The highest BCUT2D eigenvalue weighted by Gasteiger charge is 2.57. The van der Waals surface area contributed by atoms with Gasteiger partial charge in [0.1, 0.15) is 24.2 Å². The van der Waals surface area contributed by atoms with Crippen molar-refractivity contribution in [2.45, 2.75) is 45.3 Å². The van der Waals surface area contributed by atoms with Gasteiger partial charge in [-0.2, -0.15) is 0 Å². The molecule has 4 atom stereocenters. The van der Waals surface area contributed by atoms with E-state index in [4.69, 9.17) is 9.07 Å². The van der Waals surface area contributed by atoms with Crippen LogP contribution in [0.5, 0.6) is 0 Å². The van der Waals surface area contributed by atoms with Crippen molar-refractivity contribution >= 4 is 18.9 Å². The molecule has 8 heteroatoms. The van der Waals surface area contributed by atoms with Gasteiger partial charge in [-0.15, -0.1) is 0 Å². The summed E-state index contributed by atoms with van der Waals surface area (Å²) < 4.78 is 11.4. The van der Waals surface area contributed by atoms with Crippen molar-refractivity contribution in [1.82, 2.24) is 4.90 Å². The van der Waals surface area contributed by atoms with Gasteiger partial charge in [-0.3, -0.25) is 14.5 Å². The van der Waals surface area contributed by atoms with Crippen LogP contribution < -0.4 is 0 Å². The van der Waals surface area contributed by atoms with Gasteiger partial charge >= 0.3 is 7.12 Å². The standard InChI is InChI=1S/C19H24BNO6/c1-3-4-10-7-13-16(19(24)21(2)18(13)23)12-8-15(27-20(25)17(10)12)14-6-5-11(9-22)26-14/h5-6,12-13,15-16,22,25H,3-4,7-9H2,1-2H3/t12-,13-,15-,16+/m0/s1. The first kappa shape index (κ1) is 18.5. The number of furan rings is 1. The highest BCUT2D eigenvalue weighted by molar-refractivity contribution is 6.53. The summed E-state index contributed by atoms with van der Waals surface area (Å²) in [6.45, 7) is 1.84. The Labute approximate surface area is 158 Å². The van der Waals surface area contributed by atoms with Crippen LogP contribution in [0.15, 0.2) is 27.6 Å². The Morgan fingerprint density at radius 3 is 2.70 bits per heavy atom. The van der Waals surface area contributed by atoms with Crippen LogP contribution in [-0.4, -0.2) is 41.0 Å². The molecule has 1 aliphatic carbocycles. The van der Waals surface area contributed by atoms with E-state index >= 15 is 0 Å². The number of hydrogen-bond donors (Lipinski definition) is 2. The number of hydrogen-bond acceptors (Lipinski definition) is 6. The Morgan fingerprint density at radius 2 is 2.04 bits per heavy atom. The van der Waals surface area contributed by atoms with Gasteiger partial charge in [-0.25, -0.2) is 0 Å². The molecule has 0 aromatic carbocycles. The summed E-state index contributed by atoms with van der Waals surface area (Å²) in [5.41, 5.74) is 1.82. The van der Waals surface area contributed by atoms with E-state index in [9.17, 15) is 19.7 Å². The third-order valence-corrected chi connectivity index (χ3v) is 6.14. The Hall–Kier alpha value is -1.90. The minimum absolute atomic E-state index is 0.129. The highest BCUT2D eigenvalue weighted by Crippen LogP contribution is 2.51. The number of rotatable bonds is 4. The van der Waals surface area contributed by atoms with Gasteiger partial charge in [-0.05, 0) is 42.8 Å². The predicted octanol–water partition coefficient (Wildman–Crippen LogP) is 1.60. The third-order valence-electron chi connectivity index (χ3n) is 6.14. The summed E-state index contributed by atoms with van der Waals surface area (Å²) in [6.07, 6.45) is 2.13. The Kier molecular flexibility index (Phi) is 4.74. The summed E-state index contributed by atoms with van der Waals surface area (Å²) in [4.78, 5) is 26.6. The van der Waals surface area contributed by atoms with Crippen molar-refractivity contribution in [2.75, 3.05) is 7.05 Å². The van der Waals surface area contributed by atoms with Crippen LogP contribution in [0.4, 0.5) is 0 Å². The van der Waals surface area contributed by atoms with Crippen molar-refractivity contribution in [3.8, 4) is 0 Å². The number of amides is 2. The van der Waals surface area contributed by atoms with Crippen LogP contribution in [-0.2, 0) is 20.9 Å². The fraction of sp³-hybridized carbons (Fsp3) is 0.579. The maximum Gasteiger partial charge on any atom is 0.487 e. The Bertz CT molecular complexity index is 802. The van der Waals surface area contributed by atoms with Crippen LogP contribution in [0.2, 0.25) is 0 Å². The molecule has 0 spiro atoms.